The number of amides is 1. The lowest BCUT2D eigenvalue weighted by atomic mass is 10.1. The molecule has 3 N–H and O–H groups in total. The zero-order chi connectivity index (χ0) is 24.4. The Morgan fingerprint density at radius 2 is 1.85 bits per heavy atom. The van der Waals surface area contributed by atoms with E-state index in [0.717, 1.165) is 24.1 Å². The highest BCUT2D eigenvalue weighted by Gasteiger charge is 2.22. The molecule has 0 aliphatic heterocycles. The van der Waals surface area contributed by atoms with Gasteiger partial charge in [-0.15, -0.1) is 0 Å². The Balaban J connectivity index is 1.79. The van der Waals surface area contributed by atoms with Crippen molar-refractivity contribution in [1.82, 2.24) is 10.0 Å². The maximum Gasteiger partial charge on any atom is 0.321 e. The second kappa shape index (κ2) is 11.9. The van der Waals surface area contributed by atoms with Crippen LogP contribution in [0.2, 0.25) is 0 Å². The van der Waals surface area contributed by atoms with E-state index in [4.69, 9.17) is 4.74 Å². The minimum Gasteiger partial charge on any atom is -0.455 e. The molecular weight excluding hydrogens is 452 g/mol. The number of carbonyl (C=O) groups is 2. The van der Waals surface area contributed by atoms with Gasteiger partial charge in [0.05, 0.1) is 9.82 Å². The SMILES string of the molecule is CNc1ccc(S(=O)(=O)NCC(=O)OCC(=O)NC(C)CCc2ccccc2)cc1[N+](=O)[O-]. The van der Waals surface area contributed by atoms with Gasteiger partial charge < -0.3 is 15.4 Å². The van der Waals surface area contributed by atoms with Crippen LogP contribution in [0.25, 0.3) is 0 Å². The standard InChI is InChI=1S/C21H26N4O7S/c1-15(8-9-16-6-4-3-5-7-16)24-20(26)14-32-21(27)13-23-33(30,31)17-10-11-18(22-2)19(12-17)25(28)29/h3-7,10-12,15,22-23H,8-9,13-14H2,1-2H3,(H,24,26). The number of carbonyl (C=O) groups excluding carboxylic acids is 2. The number of nitrogens with one attached hydrogen (secondary N) is 3. The van der Waals surface area contributed by atoms with Crippen molar-refractivity contribution >= 4 is 33.3 Å². The van der Waals surface area contributed by atoms with Gasteiger partial charge in [0.25, 0.3) is 11.6 Å². The second-order valence-corrected chi connectivity index (χ2v) is 8.93. The van der Waals surface area contributed by atoms with Gasteiger partial charge in [0, 0.05) is 19.2 Å². The monoisotopic (exact) mass is 478 g/mol. The second-order valence-electron chi connectivity index (χ2n) is 7.16. The van der Waals surface area contributed by atoms with Crippen LogP contribution >= 0.6 is 0 Å². The molecule has 33 heavy (non-hydrogen) atoms. The number of sulfonamides is 1. The maximum absolute atomic E-state index is 12.3. The van der Waals surface area contributed by atoms with E-state index in [1.165, 1.54) is 13.1 Å². The average molecular weight is 479 g/mol. The van der Waals surface area contributed by atoms with Gasteiger partial charge in [-0.1, -0.05) is 30.3 Å². The van der Waals surface area contributed by atoms with Crippen LogP contribution in [0.1, 0.15) is 18.9 Å². The van der Waals surface area contributed by atoms with Gasteiger partial charge in [-0.25, -0.2) is 8.42 Å². The van der Waals surface area contributed by atoms with E-state index in [2.05, 4.69) is 10.6 Å². The molecule has 0 radical (unpaired) electrons. The van der Waals surface area contributed by atoms with Crippen molar-refractivity contribution < 1.29 is 27.7 Å². The Morgan fingerprint density at radius 3 is 2.48 bits per heavy atom. The lowest BCUT2D eigenvalue weighted by molar-refractivity contribution is -0.384. The number of nitro groups is 1. The van der Waals surface area contributed by atoms with Crippen molar-refractivity contribution in [2.45, 2.75) is 30.7 Å². The van der Waals surface area contributed by atoms with Crippen LogP contribution in [0.15, 0.2) is 53.4 Å². The van der Waals surface area contributed by atoms with Crippen LogP contribution in [0.3, 0.4) is 0 Å². The molecule has 0 heterocycles. The summed E-state index contributed by atoms with van der Waals surface area (Å²) < 4.78 is 31.5. The van der Waals surface area contributed by atoms with Crippen LogP contribution in [-0.2, 0) is 30.8 Å². The van der Waals surface area contributed by atoms with E-state index in [9.17, 15) is 28.1 Å². The summed E-state index contributed by atoms with van der Waals surface area (Å²) >= 11 is 0. The topological polar surface area (TPSA) is 157 Å². The molecule has 0 bridgehead atoms. The summed E-state index contributed by atoms with van der Waals surface area (Å²) in [5, 5.41) is 16.4. The molecule has 0 aliphatic rings. The number of hydrogen-bond acceptors (Lipinski definition) is 8. The number of aryl methyl sites for hydroxylation is 1. The van der Waals surface area contributed by atoms with E-state index in [1.54, 1.807) is 0 Å². The predicted molar refractivity (Wildman–Crippen MR) is 121 cm³/mol. The van der Waals surface area contributed by atoms with Gasteiger partial charge in [-0.2, -0.15) is 4.72 Å². The quantitative estimate of drug-likeness (QED) is 0.236. The van der Waals surface area contributed by atoms with Gasteiger partial charge in [0.2, 0.25) is 10.0 Å². The first kappa shape index (κ1) is 25.7. The average Bonchev–Trinajstić information content (AvgIpc) is 2.80. The summed E-state index contributed by atoms with van der Waals surface area (Å²) in [5.41, 5.74) is 0.853. The number of hydrogen-bond donors (Lipinski definition) is 3. The molecule has 0 spiro atoms. The molecule has 2 aromatic rings. The summed E-state index contributed by atoms with van der Waals surface area (Å²) in [6.07, 6.45) is 1.47. The lowest BCUT2D eigenvalue weighted by Crippen LogP contribution is -2.37. The van der Waals surface area contributed by atoms with E-state index in [1.807, 2.05) is 42.0 Å². The maximum atomic E-state index is 12.3. The van der Waals surface area contributed by atoms with Gasteiger partial charge in [-0.3, -0.25) is 19.7 Å². The van der Waals surface area contributed by atoms with E-state index < -0.39 is 45.7 Å². The van der Waals surface area contributed by atoms with Crippen LogP contribution in [-0.4, -0.2) is 51.5 Å². The molecule has 0 saturated heterocycles. The fraction of sp³-hybridized carbons (Fsp3) is 0.333. The molecule has 1 atom stereocenters. The minimum absolute atomic E-state index is 0.141. The van der Waals surface area contributed by atoms with Crippen LogP contribution in [0.5, 0.6) is 0 Å². The third-order valence-corrected chi connectivity index (χ3v) is 6.03. The molecule has 0 aromatic heterocycles. The van der Waals surface area contributed by atoms with Crippen LogP contribution in [0, 0.1) is 10.1 Å². The van der Waals surface area contributed by atoms with Crippen molar-refractivity contribution in [3.8, 4) is 0 Å². The number of benzene rings is 2. The third-order valence-electron chi connectivity index (χ3n) is 4.63. The Labute approximate surface area is 191 Å². The molecule has 1 amide bonds. The van der Waals surface area contributed by atoms with E-state index >= 15 is 0 Å². The lowest BCUT2D eigenvalue weighted by Gasteiger charge is -2.14. The highest BCUT2D eigenvalue weighted by atomic mass is 32.2. The predicted octanol–water partition coefficient (Wildman–Crippen LogP) is 1.60. The third kappa shape index (κ3) is 8.16. The molecule has 12 heteroatoms. The highest BCUT2D eigenvalue weighted by Crippen LogP contribution is 2.26. The van der Waals surface area contributed by atoms with Gasteiger partial charge >= 0.3 is 5.97 Å². The fourth-order valence-electron chi connectivity index (χ4n) is 2.89. The summed E-state index contributed by atoms with van der Waals surface area (Å²) in [7, 11) is -2.75. The summed E-state index contributed by atoms with van der Waals surface area (Å²) in [6.45, 7) is 0.536. The van der Waals surface area contributed by atoms with Crippen molar-refractivity contribution in [2.24, 2.45) is 0 Å². The fourth-order valence-corrected chi connectivity index (χ4v) is 3.88. The molecule has 0 fully saturated rings. The summed E-state index contributed by atoms with van der Waals surface area (Å²) in [4.78, 5) is 33.8. The Hall–Kier alpha value is -3.51. The molecule has 0 aliphatic carbocycles. The van der Waals surface area contributed by atoms with Crippen molar-refractivity contribution in [2.75, 3.05) is 25.5 Å². The van der Waals surface area contributed by atoms with Crippen molar-refractivity contribution in [1.29, 1.82) is 0 Å². The molecule has 178 valence electrons. The number of esters is 1. The summed E-state index contributed by atoms with van der Waals surface area (Å²) in [5.74, 6) is -1.47. The zero-order valence-corrected chi connectivity index (χ0v) is 19.1. The Morgan fingerprint density at radius 1 is 1.15 bits per heavy atom. The zero-order valence-electron chi connectivity index (χ0n) is 18.2. The molecule has 1 unspecified atom stereocenters. The molecule has 2 aromatic carbocycles. The minimum atomic E-state index is -4.21. The Bertz CT molecular complexity index is 1090. The normalized spacial score (nSPS) is 11.9. The number of nitrogens with zero attached hydrogens (tertiary/aromatic N) is 1. The van der Waals surface area contributed by atoms with Crippen LogP contribution < -0.4 is 15.4 Å². The molecule has 11 nitrogen and oxygen atoms in total. The Kier molecular flexibility index (Phi) is 9.30. The number of nitro benzene ring substituents is 1. The highest BCUT2D eigenvalue weighted by molar-refractivity contribution is 7.89. The first-order valence-corrected chi connectivity index (χ1v) is 11.6. The number of rotatable bonds is 12. The largest absolute Gasteiger partial charge is 0.455 e. The van der Waals surface area contributed by atoms with Crippen LogP contribution in [0.4, 0.5) is 11.4 Å². The van der Waals surface area contributed by atoms with Gasteiger partial charge in [-0.05, 0) is 37.5 Å². The van der Waals surface area contributed by atoms with E-state index in [0.29, 0.717) is 6.42 Å². The molecule has 2 rings (SSSR count). The molecule has 0 saturated carbocycles. The number of anilines is 1. The molecular formula is C21H26N4O7S. The summed E-state index contributed by atoms with van der Waals surface area (Å²) in [6, 6.07) is 12.9. The van der Waals surface area contributed by atoms with Gasteiger partial charge in [0.1, 0.15) is 12.2 Å². The smallest absolute Gasteiger partial charge is 0.321 e. The van der Waals surface area contributed by atoms with E-state index in [-0.39, 0.29) is 16.6 Å². The first-order valence-electron chi connectivity index (χ1n) is 10.1. The number of ether oxygens (including phenoxy) is 1. The first-order chi connectivity index (χ1) is 15.6. The van der Waals surface area contributed by atoms with Crippen molar-refractivity contribution in [3.63, 3.8) is 0 Å². The van der Waals surface area contributed by atoms with Crippen molar-refractivity contribution in [3.05, 3.63) is 64.2 Å². The van der Waals surface area contributed by atoms with Gasteiger partial charge in [0.15, 0.2) is 6.61 Å².